The minimum absolute atomic E-state index is 0.0452. The van der Waals surface area contributed by atoms with E-state index in [1.165, 1.54) is 0 Å². The van der Waals surface area contributed by atoms with E-state index < -0.39 is 15.9 Å². The van der Waals surface area contributed by atoms with Crippen LogP contribution >= 0.6 is 0 Å². The Hall–Kier alpha value is -1.40. The van der Waals surface area contributed by atoms with Gasteiger partial charge in [-0.15, -0.1) is 0 Å². The van der Waals surface area contributed by atoms with Crippen LogP contribution < -0.4 is 5.32 Å². The standard InChI is InChI=1S/C17H26N2O3S/c1-14(2)8-9-18-17(20)16(15-6-4-3-5-7-15)19-10-12-23(21,22)13-11-19/h3-7,14,16H,8-13H2,1-2H3,(H,18,20). The van der Waals surface area contributed by atoms with E-state index in [9.17, 15) is 13.2 Å². The van der Waals surface area contributed by atoms with Crippen LogP contribution in [0.5, 0.6) is 0 Å². The van der Waals surface area contributed by atoms with E-state index in [0.717, 1.165) is 12.0 Å². The normalized spacial score (nSPS) is 19.4. The van der Waals surface area contributed by atoms with E-state index in [1.807, 2.05) is 35.2 Å². The molecule has 1 heterocycles. The Balaban J connectivity index is 2.11. The molecular weight excluding hydrogens is 312 g/mol. The molecule has 0 spiro atoms. The molecule has 1 aromatic rings. The monoisotopic (exact) mass is 338 g/mol. The van der Waals surface area contributed by atoms with E-state index in [2.05, 4.69) is 19.2 Å². The molecule has 1 atom stereocenters. The summed E-state index contributed by atoms with van der Waals surface area (Å²) < 4.78 is 23.3. The van der Waals surface area contributed by atoms with E-state index >= 15 is 0 Å². The van der Waals surface area contributed by atoms with Gasteiger partial charge in [-0.05, 0) is 17.9 Å². The average molecular weight is 338 g/mol. The number of hydrogen-bond acceptors (Lipinski definition) is 4. The van der Waals surface area contributed by atoms with Crippen molar-refractivity contribution in [2.75, 3.05) is 31.1 Å². The van der Waals surface area contributed by atoms with Crippen molar-refractivity contribution in [1.82, 2.24) is 10.2 Å². The lowest BCUT2D eigenvalue weighted by Gasteiger charge is -2.33. The molecule has 0 bridgehead atoms. The zero-order valence-corrected chi connectivity index (χ0v) is 14.7. The minimum Gasteiger partial charge on any atom is -0.354 e. The summed E-state index contributed by atoms with van der Waals surface area (Å²) in [6.07, 6.45) is 0.932. The molecule has 0 aromatic heterocycles. The van der Waals surface area contributed by atoms with Gasteiger partial charge in [0.2, 0.25) is 5.91 Å². The van der Waals surface area contributed by atoms with Gasteiger partial charge < -0.3 is 5.32 Å². The van der Waals surface area contributed by atoms with E-state index in [4.69, 9.17) is 0 Å². The van der Waals surface area contributed by atoms with Gasteiger partial charge in [0, 0.05) is 19.6 Å². The van der Waals surface area contributed by atoms with Crippen LogP contribution in [0.25, 0.3) is 0 Å². The highest BCUT2D eigenvalue weighted by atomic mass is 32.2. The molecule has 1 unspecified atom stereocenters. The Morgan fingerprint density at radius 3 is 2.35 bits per heavy atom. The minimum atomic E-state index is -2.96. The van der Waals surface area contributed by atoms with Gasteiger partial charge in [0.1, 0.15) is 6.04 Å². The van der Waals surface area contributed by atoms with Crippen molar-refractivity contribution < 1.29 is 13.2 Å². The second-order valence-corrected chi connectivity index (χ2v) is 8.78. The van der Waals surface area contributed by atoms with Gasteiger partial charge in [0.15, 0.2) is 9.84 Å². The highest BCUT2D eigenvalue weighted by Crippen LogP contribution is 2.23. The summed E-state index contributed by atoms with van der Waals surface area (Å²) in [5.41, 5.74) is 0.911. The molecule has 1 saturated heterocycles. The Morgan fingerprint density at radius 1 is 1.17 bits per heavy atom. The van der Waals surface area contributed by atoms with Crippen molar-refractivity contribution >= 4 is 15.7 Å². The maximum atomic E-state index is 12.7. The molecule has 0 aliphatic carbocycles. The molecule has 2 rings (SSSR count). The third kappa shape index (κ3) is 5.32. The van der Waals surface area contributed by atoms with Gasteiger partial charge in [0.25, 0.3) is 0 Å². The summed E-state index contributed by atoms with van der Waals surface area (Å²) in [5.74, 6) is 0.729. The number of nitrogens with one attached hydrogen (secondary N) is 1. The number of hydrogen-bond donors (Lipinski definition) is 1. The fourth-order valence-corrected chi connectivity index (χ4v) is 3.96. The summed E-state index contributed by atoms with van der Waals surface area (Å²) >= 11 is 0. The maximum absolute atomic E-state index is 12.7. The first-order valence-electron chi connectivity index (χ1n) is 8.16. The first-order valence-corrected chi connectivity index (χ1v) is 9.98. The lowest BCUT2D eigenvalue weighted by molar-refractivity contribution is -0.126. The number of amides is 1. The predicted molar refractivity (Wildman–Crippen MR) is 91.9 cm³/mol. The Morgan fingerprint density at radius 2 is 1.78 bits per heavy atom. The molecule has 0 saturated carbocycles. The van der Waals surface area contributed by atoms with E-state index in [0.29, 0.717) is 25.6 Å². The van der Waals surface area contributed by atoms with Crippen LogP contribution in [0, 0.1) is 5.92 Å². The number of carbonyl (C=O) groups is 1. The van der Waals surface area contributed by atoms with Crippen LogP contribution in [-0.2, 0) is 14.6 Å². The molecule has 1 amide bonds. The molecule has 6 heteroatoms. The second-order valence-electron chi connectivity index (χ2n) is 6.47. The van der Waals surface area contributed by atoms with Crippen LogP contribution in [-0.4, -0.2) is 50.4 Å². The van der Waals surface area contributed by atoms with Gasteiger partial charge in [-0.1, -0.05) is 44.2 Å². The van der Waals surface area contributed by atoms with E-state index in [1.54, 1.807) is 0 Å². The maximum Gasteiger partial charge on any atom is 0.241 e. The second kappa shape index (κ2) is 7.93. The molecule has 1 fully saturated rings. The smallest absolute Gasteiger partial charge is 0.241 e. The number of carbonyl (C=O) groups excluding carboxylic acids is 1. The van der Waals surface area contributed by atoms with Gasteiger partial charge in [-0.3, -0.25) is 9.69 Å². The van der Waals surface area contributed by atoms with Gasteiger partial charge >= 0.3 is 0 Å². The Kier molecular flexibility index (Phi) is 6.18. The number of benzene rings is 1. The topological polar surface area (TPSA) is 66.5 Å². The highest BCUT2D eigenvalue weighted by molar-refractivity contribution is 7.91. The third-order valence-electron chi connectivity index (χ3n) is 4.13. The van der Waals surface area contributed by atoms with Crippen LogP contribution in [0.2, 0.25) is 0 Å². The van der Waals surface area contributed by atoms with E-state index in [-0.39, 0.29) is 17.4 Å². The lowest BCUT2D eigenvalue weighted by atomic mass is 10.0. The van der Waals surface area contributed by atoms with Crippen molar-refractivity contribution in [1.29, 1.82) is 0 Å². The van der Waals surface area contributed by atoms with Crippen molar-refractivity contribution in [2.45, 2.75) is 26.3 Å². The SMILES string of the molecule is CC(C)CCNC(=O)C(c1ccccc1)N1CCS(=O)(=O)CC1. The van der Waals surface area contributed by atoms with Gasteiger partial charge in [-0.25, -0.2) is 8.42 Å². The number of sulfone groups is 1. The van der Waals surface area contributed by atoms with Crippen molar-refractivity contribution in [2.24, 2.45) is 5.92 Å². The van der Waals surface area contributed by atoms with Crippen LogP contribution in [0.4, 0.5) is 0 Å². The number of rotatable bonds is 6. The molecule has 0 radical (unpaired) electrons. The zero-order chi connectivity index (χ0) is 16.9. The molecule has 1 aromatic carbocycles. The quantitative estimate of drug-likeness (QED) is 0.856. The Labute approximate surface area is 139 Å². The van der Waals surface area contributed by atoms with Crippen LogP contribution in [0.3, 0.4) is 0 Å². The summed E-state index contributed by atoms with van der Waals surface area (Å²) in [4.78, 5) is 14.7. The summed E-state index contributed by atoms with van der Waals surface area (Å²) in [5, 5.41) is 3.00. The predicted octanol–water partition coefficient (Wildman–Crippen LogP) is 1.62. The lowest BCUT2D eigenvalue weighted by Crippen LogP contribution is -2.47. The summed E-state index contributed by atoms with van der Waals surface area (Å²) in [6, 6.07) is 9.16. The summed E-state index contributed by atoms with van der Waals surface area (Å²) in [6.45, 7) is 5.69. The Bertz CT molecular complexity index is 600. The molecule has 128 valence electrons. The molecule has 1 N–H and O–H groups in total. The van der Waals surface area contributed by atoms with Crippen molar-refractivity contribution in [3.8, 4) is 0 Å². The summed E-state index contributed by atoms with van der Waals surface area (Å²) in [7, 11) is -2.96. The van der Waals surface area contributed by atoms with Crippen LogP contribution in [0.1, 0.15) is 31.9 Å². The van der Waals surface area contributed by atoms with Crippen LogP contribution in [0.15, 0.2) is 30.3 Å². The molecule has 1 aliphatic heterocycles. The zero-order valence-electron chi connectivity index (χ0n) is 13.9. The molecule has 1 aliphatic rings. The third-order valence-corrected chi connectivity index (χ3v) is 5.74. The average Bonchev–Trinajstić information content (AvgIpc) is 2.50. The largest absolute Gasteiger partial charge is 0.354 e. The highest BCUT2D eigenvalue weighted by Gasteiger charge is 2.32. The molecule has 23 heavy (non-hydrogen) atoms. The van der Waals surface area contributed by atoms with Gasteiger partial charge in [0.05, 0.1) is 11.5 Å². The number of nitrogens with zero attached hydrogens (tertiary/aromatic N) is 1. The van der Waals surface area contributed by atoms with Crippen molar-refractivity contribution in [3.63, 3.8) is 0 Å². The molecular formula is C17H26N2O3S. The van der Waals surface area contributed by atoms with Gasteiger partial charge in [-0.2, -0.15) is 0 Å². The first-order chi connectivity index (χ1) is 10.9. The first kappa shape index (κ1) is 17.9. The van der Waals surface area contributed by atoms with Crippen molar-refractivity contribution in [3.05, 3.63) is 35.9 Å². The molecule has 5 nitrogen and oxygen atoms in total. The fraction of sp³-hybridized carbons (Fsp3) is 0.588. The fourth-order valence-electron chi connectivity index (χ4n) is 2.73.